The summed E-state index contributed by atoms with van der Waals surface area (Å²) in [6, 6.07) is 6.35. The minimum absolute atomic E-state index is 0.416. The fourth-order valence-corrected chi connectivity index (χ4v) is 2.16. The van der Waals surface area contributed by atoms with Gasteiger partial charge in [-0.3, -0.25) is 0 Å². The molecule has 96 valence electrons. The molecule has 3 nitrogen and oxygen atoms in total. The predicted molar refractivity (Wildman–Crippen MR) is 74.4 cm³/mol. The van der Waals surface area contributed by atoms with E-state index in [2.05, 4.69) is 51.1 Å². The van der Waals surface area contributed by atoms with Gasteiger partial charge in [0.05, 0.1) is 11.3 Å². The maximum absolute atomic E-state index is 5.94. The van der Waals surface area contributed by atoms with E-state index in [9.17, 15) is 0 Å². The van der Waals surface area contributed by atoms with E-state index in [1.807, 2.05) is 0 Å². The van der Waals surface area contributed by atoms with E-state index < -0.39 is 0 Å². The highest BCUT2D eigenvalue weighted by Crippen LogP contribution is 2.33. The predicted octanol–water partition coefficient (Wildman–Crippen LogP) is 3.74. The van der Waals surface area contributed by atoms with Gasteiger partial charge in [-0.25, -0.2) is 0 Å². The number of rotatable bonds is 3. The highest BCUT2D eigenvalue weighted by atomic mass is 16.5. The van der Waals surface area contributed by atoms with E-state index in [0.29, 0.717) is 11.8 Å². The Morgan fingerprint density at radius 2 is 2.00 bits per heavy atom. The number of benzene rings is 1. The molecule has 0 aliphatic carbocycles. The highest BCUT2D eigenvalue weighted by molar-refractivity contribution is 5.77. The minimum atomic E-state index is 0.416. The Bertz CT molecular complexity index is 556. The first kappa shape index (κ1) is 12.7. The van der Waals surface area contributed by atoms with E-state index in [1.54, 1.807) is 0 Å². The van der Waals surface area contributed by atoms with Crippen LogP contribution < -0.4 is 5.73 Å². The molecule has 0 bridgehead atoms. The van der Waals surface area contributed by atoms with Gasteiger partial charge in [-0.2, -0.15) is 0 Å². The van der Waals surface area contributed by atoms with Crippen molar-refractivity contribution >= 4 is 5.88 Å². The Labute approximate surface area is 108 Å². The fourth-order valence-electron chi connectivity index (χ4n) is 2.16. The van der Waals surface area contributed by atoms with Crippen LogP contribution in [0.2, 0.25) is 0 Å². The topological polar surface area (TPSA) is 52.0 Å². The number of anilines is 1. The minimum Gasteiger partial charge on any atom is -0.367 e. The van der Waals surface area contributed by atoms with Crippen molar-refractivity contribution in [1.82, 2.24) is 5.16 Å². The Balaban J connectivity index is 2.55. The molecule has 1 heterocycles. The molecule has 18 heavy (non-hydrogen) atoms. The monoisotopic (exact) mass is 244 g/mol. The van der Waals surface area contributed by atoms with Gasteiger partial charge < -0.3 is 10.3 Å². The molecule has 2 N–H and O–H groups in total. The van der Waals surface area contributed by atoms with E-state index in [4.69, 9.17) is 10.3 Å². The molecule has 0 amide bonds. The van der Waals surface area contributed by atoms with Gasteiger partial charge in [-0.1, -0.05) is 42.8 Å². The van der Waals surface area contributed by atoms with Crippen molar-refractivity contribution in [2.75, 3.05) is 5.73 Å². The average molecular weight is 244 g/mol. The second-order valence-electron chi connectivity index (χ2n) is 5.28. The van der Waals surface area contributed by atoms with Gasteiger partial charge in [-0.05, 0) is 37.3 Å². The molecule has 0 spiro atoms. The van der Waals surface area contributed by atoms with Crippen molar-refractivity contribution in [3.8, 4) is 11.1 Å². The van der Waals surface area contributed by atoms with Gasteiger partial charge in [0.15, 0.2) is 0 Å². The molecule has 3 heteroatoms. The quantitative estimate of drug-likeness (QED) is 0.894. The molecule has 0 aliphatic rings. The molecule has 0 fully saturated rings. The third-order valence-electron chi connectivity index (χ3n) is 3.05. The van der Waals surface area contributed by atoms with Crippen LogP contribution in [0.3, 0.4) is 0 Å². The lowest BCUT2D eigenvalue weighted by Gasteiger charge is -2.08. The lowest BCUT2D eigenvalue weighted by atomic mass is 9.95. The molecule has 0 saturated carbocycles. The summed E-state index contributed by atoms with van der Waals surface area (Å²) < 4.78 is 5.17. The zero-order chi connectivity index (χ0) is 13.3. The first-order chi connectivity index (χ1) is 8.49. The summed E-state index contributed by atoms with van der Waals surface area (Å²) in [5, 5.41) is 4.10. The van der Waals surface area contributed by atoms with Crippen LogP contribution in [0.25, 0.3) is 11.1 Å². The summed E-state index contributed by atoms with van der Waals surface area (Å²) in [4.78, 5) is 0. The first-order valence-corrected chi connectivity index (χ1v) is 6.30. The number of aryl methyl sites for hydroxylation is 2. The lowest BCUT2D eigenvalue weighted by Crippen LogP contribution is -1.98. The van der Waals surface area contributed by atoms with Crippen LogP contribution in [0.4, 0.5) is 5.88 Å². The van der Waals surface area contributed by atoms with Crippen molar-refractivity contribution in [2.24, 2.45) is 5.92 Å². The van der Waals surface area contributed by atoms with Gasteiger partial charge >= 0.3 is 0 Å². The first-order valence-electron chi connectivity index (χ1n) is 6.30. The van der Waals surface area contributed by atoms with Crippen LogP contribution in [-0.4, -0.2) is 5.16 Å². The zero-order valence-electron chi connectivity index (χ0n) is 11.4. The second-order valence-corrected chi connectivity index (χ2v) is 5.28. The smallest absolute Gasteiger partial charge is 0.230 e. The van der Waals surface area contributed by atoms with Crippen molar-refractivity contribution in [2.45, 2.75) is 34.1 Å². The molecular weight excluding hydrogens is 224 g/mol. The Kier molecular flexibility index (Phi) is 3.41. The van der Waals surface area contributed by atoms with Crippen LogP contribution in [0.5, 0.6) is 0 Å². The number of aromatic nitrogens is 1. The van der Waals surface area contributed by atoms with Gasteiger partial charge in [0.1, 0.15) is 0 Å². The number of hydrogen-bond acceptors (Lipinski definition) is 3. The van der Waals surface area contributed by atoms with E-state index in [-0.39, 0.29) is 0 Å². The van der Waals surface area contributed by atoms with Crippen LogP contribution in [0.1, 0.15) is 30.7 Å². The number of hydrogen-bond donors (Lipinski definition) is 1. The van der Waals surface area contributed by atoms with E-state index in [0.717, 1.165) is 23.2 Å². The zero-order valence-corrected chi connectivity index (χ0v) is 11.4. The molecule has 2 rings (SSSR count). The largest absolute Gasteiger partial charge is 0.367 e. The third-order valence-corrected chi connectivity index (χ3v) is 3.05. The van der Waals surface area contributed by atoms with Gasteiger partial charge in [-0.15, -0.1) is 0 Å². The molecule has 0 unspecified atom stereocenters. The Morgan fingerprint density at radius 1 is 1.28 bits per heavy atom. The number of nitrogen functional groups attached to an aromatic ring is 1. The van der Waals surface area contributed by atoms with Crippen LogP contribution >= 0.6 is 0 Å². The van der Waals surface area contributed by atoms with E-state index in [1.165, 1.54) is 11.1 Å². The molecular formula is C15H20N2O. The fraction of sp³-hybridized carbons (Fsp3) is 0.400. The molecule has 0 atom stereocenters. The lowest BCUT2D eigenvalue weighted by molar-refractivity contribution is 0.422. The molecule has 0 aliphatic heterocycles. The number of nitrogens with zero attached hydrogens (tertiary/aromatic N) is 1. The SMILES string of the molecule is Cc1ccc(C)c(-c2c(CC(C)C)noc2N)c1. The summed E-state index contributed by atoms with van der Waals surface area (Å²) in [5.41, 5.74) is 11.4. The molecule has 0 radical (unpaired) electrons. The average Bonchev–Trinajstić information content (AvgIpc) is 2.63. The van der Waals surface area contributed by atoms with Crippen molar-refractivity contribution in [3.05, 3.63) is 35.0 Å². The van der Waals surface area contributed by atoms with E-state index >= 15 is 0 Å². The van der Waals surface area contributed by atoms with Crippen molar-refractivity contribution < 1.29 is 4.52 Å². The molecule has 0 saturated heterocycles. The summed E-state index contributed by atoms with van der Waals surface area (Å²) in [6.07, 6.45) is 0.878. The highest BCUT2D eigenvalue weighted by Gasteiger charge is 2.18. The summed E-state index contributed by atoms with van der Waals surface area (Å²) in [7, 11) is 0. The normalized spacial score (nSPS) is 11.2. The standard InChI is InChI=1S/C15H20N2O/c1-9(2)7-13-14(15(16)18-17-13)12-8-10(3)5-6-11(12)4/h5-6,8-9H,7,16H2,1-4H3. The summed E-state index contributed by atoms with van der Waals surface area (Å²) in [6.45, 7) is 8.49. The van der Waals surface area contributed by atoms with Crippen molar-refractivity contribution in [1.29, 1.82) is 0 Å². The van der Waals surface area contributed by atoms with Crippen LogP contribution in [-0.2, 0) is 6.42 Å². The van der Waals surface area contributed by atoms with Crippen molar-refractivity contribution in [3.63, 3.8) is 0 Å². The molecule has 1 aromatic carbocycles. The van der Waals surface area contributed by atoms with Crippen LogP contribution in [0, 0.1) is 19.8 Å². The Morgan fingerprint density at radius 3 is 2.67 bits per heavy atom. The third kappa shape index (κ3) is 2.40. The maximum atomic E-state index is 5.94. The summed E-state index contributed by atoms with van der Waals surface area (Å²) >= 11 is 0. The molecule has 1 aromatic heterocycles. The van der Waals surface area contributed by atoms with Crippen LogP contribution in [0.15, 0.2) is 22.7 Å². The number of nitrogens with two attached hydrogens (primary N) is 1. The van der Waals surface area contributed by atoms with Gasteiger partial charge in [0.2, 0.25) is 5.88 Å². The molecule has 2 aromatic rings. The maximum Gasteiger partial charge on any atom is 0.230 e. The Hall–Kier alpha value is -1.77. The van der Waals surface area contributed by atoms with Gasteiger partial charge in [0, 0.05) is 0 Å². The summed E-state index contributed by atoms with van der Waals surface area (Å²) in [5.74, 6) is 0.942. The van der Waals surface area contributed by atoms with Gasteiger partial charge in [0.25, 0.3) is 0 Å². The second kappa shape index (κ2) is 4.84.